The van der Waals surface area contributed by atoms with E-state index in [0.717, 1.165) is 115 Å². The molecule has 0 radical (unpaired) electrons. The Bertz CT molecular complexity index is 5670. The molecule has 0 atom stereocenters. The molecule has 0 saturated heterocycles. The molecule has 10 aromatic carbocycles. The molecule has 4 aliphatic heterocycles. The van der Waals surface area contributed by atoms with Crippen LogP contribution in [0.3, 0.4) is 0 Å². The van der Waals surface area contributed by atoms with E-state index >= 15 is 0 Å². The van der Waals surface area contributed by atoms with E-state index in [-0.39, 0.29) is 94.2 Å². The van der Waals surface area contributed by atoms with Gasteiger partial charge in [-0.3, -0.25) is 62.8 Å². The van der Waals surface area contributed by atoms with Crippen molar-refractivity contribution in [2.24, 2.45) is 0 Å². The smallest absolute Gasteiger partial charge is 0.265 e. The van der Waals surface area contributed by atoms with E-state index in [1.807, 2.05) is 165 Å². The van der Waals surface area contributed by atoms with Gasteiger partial charge in [0.05, 0.1) is 77.3 Å². The monoisotopic (exact) mass is 1970 g/mol. The van der Waals surface area contributed by atoms with Gasteiger partial charge >= 0.3 is 0 Å². The van der Waals surface area contributed by atoms with Crippen molar-refractivity contribution in [3.05, 3.63) is 307 Å². The van der Waals surface area contributed by atoms with Crippen LogP contribution in [0.2, 0.25) is 25.1 Å². The van der Waals surface area contributed by atoms with Crippen molar-refractivity contribution in [1.82, 2.24) is 44.1 Å². The van der Waals surface area contributed by atoms with Crippen molar-refractivity contribution in [2.45, 2.75) is 110 Å². The Hall–Kier alpha value is -11.7. The van der Waals surface area contributed by atoms with E-state index < -0.39 is 0 Å². The zero-order valence-electron chi connectivity index (χ0n) is 79.7. The molecule has 0 fully saturated rings. The molecule has 4 heterocycles. The Balaban J connectivity index is 0.000000210. The zero-order valence-corrected chi connectivity index (χ0v) is 83.5. The first-order chi connectivity index (χ1) is 64.5. The molecule has 0 bridgehead atoms. The third kappa shape index (κ3) is 28.3. The quantitative estimate of drug-likeness (QED) is 0.0331. The summed E-state index contributed by atoms with van der Waals surface area (Å²) in [7, 11) is 13.5. The second-order valence-corrected chi connectivity index (χ2v) is 35.4. The Kier molecular flexibility index (Phi) is 42.1. The van der Waals surface area contributed by atoms with Crippen molar-refractivity contribution in [2.75, 3.05) is 153 Å². The number of carbonyl (C=O) groups is 9. The maximum absolute atomic E-state index is 13.3. The highest BCUT2D eigenvalue weighted by molar-refractivity contribution is 6.33. The second kappa shape index (κ2) is 52.2. The Labute approximate surface area is 831 Å². The first-order valence-corrected chi connectivity index (χ1v) is 46.7. The largest absolute Gasteiger partial charge is 0.493 e. The Morgan fingerprint density at radius 3 is 0.774 bits per heavy atom. The normalized spacial score (nSPS) is 12.7. The molecule has 730 valence electrons. The van der Waals surface area contributed by atoms with Crippen LogP contribution < -0.4 is 33.3 Å². The lowest BCUT2D eigenvalue weighted by molar-refractivity contribution is 0.0625. The van der Waals surface area contributed by atoms with Gasteiger partial charge in [-0.2, -0.15) is 0 Å². The maximum atomic E-state index is 13.3. The van der Waals surface area contributed by atoms with Gasteiger partial charge in [-0.25, -0.2) is 0 Å². The molecule has 0 aromatic heterocycles. The number of anilines is 1. The number of hydrogen-bond donors (Lipinski definition) is 0. The average molecular weight is 1970 g/mol. The molecule has 0 aliphatic carbocycles. The first-order valence-electron chi connectivity index (χ1n) is 44.8. The summed E-state index contributed by atoms with van der Waals surface area (Å²) in [6.45, 7) is 30.9. The van der Waals surface area contributed by atoms with E-state index in [0.29, 0.717) is 149 Å². The van der Waals surface area contributed by atoms with Crippen molar-refractivity contribution < 1.29 is 71.6 Å². The number of ether oxygens (including phenoxy) is 6. The number of aryl methyl sites for hydroxylation is 5. The van der Waals surface area contributed by atoms with Gasteiger partial charge in [-0.15, -0.1) is 0 Å². The minimum atomic E-state index is -0.321. The SMILES string of the molecule is C.C.CCN(CC)CCOc1cccc2c1C(=O)N(Cc1ccc(Cl)c(C)c1)C2=O.CCN(CC)CCOc1cccc2c1C(=O)N(Cc1ccc(Cl)c(C)c1)C2=O.CCOc1cccc(OCCN(C)C)c1C(=O)N(C)c1ccc(Cl)c(C)c1.Cc1cc(CN2C(=O)c3cccc(OCCN(C)C)c3C2=O)ccc1Cl.Cc1cc(CN2C(=O)c3cccc(OCCN(C)C)c3C2=O)ccc1Cl. The number of amides is 9. The van der Waals surface area contributed by atoms with Gasteiger partial charge in [-0.1, -0.05) is 179 Å². The number of carbonyl (C=O) groups excluding carboxylic acids is 9. The highest BCUT2D eigenvalue weighted by Crippen LogP contribution is 2.39. The van der Waals surface area contributed by atoms with E-state index in [9.17, 15) is 43.2 Å². The molecule has 4 aliphatic rings. The highest BCUT2D eigenvalue weighted by Gasteiger charge is 2.43. The van der Waals surface area contributed by atoms with Crippen LogP contribution in [0.15, 0.2) is 182 Å². The maximum Gasteiger partial charge on any atom is 0.265 e. The third-order valence-electron chi connectivity index (χ3n) is 22.9. The zero-order chi connectivity index (χ0) is 98.2. The van der Waals surface area contributed by atoms with E-state index in [2.05, 4.69) is 37.5 Å². The molecule has 0 spiro atoms. The van der Waals surface area contributed by atoms with Crippen LogP contribution >= 0.6 is 58.0 Å². The summed E-state index contributed by atoms with van der Waals surface area (Å²) in [5, 5.41) is 3.31. The van der Waals surface area contributed by atoms with Crippen LogP contribution in [-0.4, -0.2) is 245 Å². The molecule has 0 unspecified atom stereocenters. The standard InChI is InChI=1S/2C22H25ClN2O3.C21H27ClN2O3.2C20H21ClN2O3.2CH4/c2*1-4-24(5-2)11-12-28-19-8-6-7-17-20(19)22(27)25(21(17)26)14-16-9-10-18(23)15(3)13-16;1-6-26-18-8-7-9-19(27-13-12-23(3)4)20(18)21(25)24(5)16-10-11-17(22)15(2)14-16;2*1-13-11-14(7-8-16(13)21)12-23-19(24)15-5-4-6-17(18(15)20(23)25)26-10-9-22(2)3;;/h2*6-10,13H,4-5,11-12,14H2,1-3H3;7-11,14H,6,12-13H2,1-5H3;2*4-8,11H,9-10,12H2,1-3H3;2*1H4. The number of nitrogens with zero attached hydrogens (tertiary/aromatic N) is 10. The molecule has 137 heavy (non-hydrogen) atoms. The number of rotatable bonds is 36. The number of benzene rings is 10. The van der Waals surface area contributed by atoms with Crippen molar-refractivity contribution in [1.29, 1.82) is 0 Å². The van der Waals surface area contributed by atoms with Crippen LogP contribution in [0.5, 0.6) is 34.5 Å². The second-order valence-electron chi connectivity index (χ2n) is 33.4. The van der Waals surface area contributed by atoms with E-state index in [4.69, 9.17) is 86.4 Å². The summed E-state index contributed by atoms with van der Waals surface area (Å²) in [5.74, 6) is 0.252. The van der Waals surface area contributed by atoms with Crippen LogP contribution in [0.25, 0.3) is 0 Å². The lowest BCUT2D eigenvalue weighted by Gasteiger charge is -2.22. The molecule has 30 heteroatoms. The fourth-order valence-electron chi connectivity index (χ4n) is 15.1. The fourth-order valence-corrected chi connectivity index (χ4v) is 15.7. The third-order valence-corrected chi connectivity index (χ3v) is 25.1. The van der Waals surface area contributed by atoms with E-state index in [1.165, 1.54) is 19.6 Å². The summed E-state index contributed by atoms with van der Waals surface area (Å²) in [6, 6.07) is 53.6. The number of halogens is 5. The lowest BCUT2D eigenvalue weighted by Crippen LogP contribution is -2.29. The summed E-state index contributed by atoms with van der Waals surface area (Å²) in [5.41, 5.74) is 12.2. The average Bonchev–Trinajstić information content (AvgIpc) is 1.64. The molecule has 14 rings (SSSR count). The van der Waals surface area contributed by atoms with Gasteiger partial charge in [-0.05, 0) is 263 Å². The van der Waals surface area contributed by atoms with Gasteiger partial charge in [0.25, 0.3) is 53.2 Å². The Morgan fingerprint density at radius 2 is 0.526 bits per heavy atom. The van der Waals surface area contributed by atoms with Crippen LogP contribution in [-0.2, 0) is 26.2 Å². The van der Waals surface area contributed by atoms with Gasteiger partial charge in [0, 0.05) is 70.6 Å². The lowest BCUT2D eigenvalue weighted by atomic mass is 10.1. The highest BCUT2D eigenvalue weighted by atomic mass is 35.5. The number of likely N-dealkylation sites (N-methyl/N-ethyl adjacent to an activating group) is 5. The van der Waals surface area contributed by atoms with Crippen molar-refractivity contribution in [3.8, 4) is 34.5 Å². The minimum Gasteiger partial charge on any atom is -0.493 e. The molecule has 25 nitrogen and oxygen atoms in total. The summed E-state index contributed by atoms with van der Waals surface area (Å²) in [6.07, 6.45) is 0. The molecule has 0 N–H and O–H groups in total. The first kappa shape index (κ1) is 111. The number of fused-ring (bicyclic) bond motifs is 4. The number of imide groups is 4. The fraction of sp³-hybridized carbons (Fsp3) is 0.355. The van der Waals surface area contributed by atoms with Crippen molar-refractivity contribution >= 4 is 117 Å². The molecule has 10 aromatic rings. The predicted octanol–water partition coefficient (Wildman–Crippen LogP) is 20.6. The Morgan fingerprint density at radius 1 is 0.292 bits per heavy atom. The molecular formula is C107H127Cl5N10O15. The molecular weight excluding hydrogens is 1840 g/mol. The number of hydrogen-bond acceptors (Lipinski definition) is 20. The summed E-state index contributed by atoms with van der Waals surface area (Å²) < 4.78 is 34.8. The van der Waals surface area contributed by atoms with Crippen LogP contribution in [0.1, 0.15) is 193 Å². The van der Waals surface area contributed by atoms with Gasteiger partial charge in [0.1, 0.15) is 73.1 Å². The summed E-state index contributed by atoms with van der Waals surface area (Å²) in [4.78, 5) is 133. The van der Waals surface area contributed by atoms with Crippen molar-refractivity contribution in [3.63, 3.8) is 0 Å². The molecule has 9 amide bonds. The van der Waals surface area contributed by atoms with Crippen LogP contribution in [0.4, 0.5) is 5.69 Å². The van der Waals surface area contributed by atoms with Gasteiger partial charge in [0.15, 0.2) is 0 Å². The topological polar surface area (TPSA) is 241 Å². The van der Waals surface area contributed by atoms with Crippen LogP contribution in [0, 0.1) is 34.6 Å². The predicted molar refractivity (Wildman–Crippen MR) is 546 cm³/mol. The molecule has 0 saturated carbocycles. The van der Waals surface area contributed by atoms with E-state index in [1.54, 1.807) is 127 Å². The minimum absolute atomic E-state index is 0. The van der Waals surface area contributed by atoms with Gasteiger partial charge in [0.2, 0.25) is 0 Å². The summed E-state index contributed by atoms with van der Waals surface area (Å²) >= 11 is 30.4. The van der Waals surface area contributed by atoms with Gasteiger partial charge < -0.3 is 57.8 Å².